The molecule has 0 atom stereocenters. The van der Waals surface area contributed by atoms with Gasteiger partial charge in [-0.1, -0.05) is 0 Å². The van der Waals surface area contributed by atoms with Gasteiger partial charge in [0.1, 0.15) is 21.3 Å². The molecule has 1 aliphatic rings. The second kappa shape index (κ2) is 6.88. The van der Waals surface area contributed by atoms with E-state index in [1.807, 2.05) is 0 Å². The second-order valence-electron chi connectivity index (χ2n) is 6.70. The molecule has 2 heterocycles. The van der Waals surface area contributed by atoms with Crippen LogP contribution in [0.3, 0.4) is 0 Å². The van der Waals surface area contributed by atoms with Crippen molar-refractivity contribution in [2.24, 2.45) is 0 Å². The predicted octanol–water partition coefficient (Wildman–Crippen LogP) is 1.42. The first-order valence-corrected chi connectivity index (χ1v) is 9.43. The Hall–Kier alpha value is -1.61. The standard InChI is InChI=1S/C14H24N4O4S/c1-14(2,3)22-13(19)17-12-10(9-16-18-12)8-15-11-4-6-23(20,21)7-5-11/h9,11,15H,4-8H2,1-3H3,(H2,16,17,18,19). The van der Waals surface area contributed by atoms with Gasteiger partial charge in [0.05, 0.1) is 17.7 Å². The summed E-state index contributed by atoms with van der Waals surface area (Å²) in [5, 5.41) is 12.6. The quantitative estimate of drug-likeness (QED) is 0.761. The van der Waals surface area contributed by atoms with Crippen molar-refractivity contribution in [2.75, 3.05) is 16.8 Å². The average Bonchev–Trinajstić information content (AvgIpc) is 2.82. The fourth-order valence-corrected chi connectivity index (χ4v) is 3.80. The topological polar surface area (TPSA) is 113 Å². The molecular weight excluding hydrogens is 320 g/mol. The molecule has 1 aromatic rings. The van der Waals surface area contributed by atoms with E-state index >= 15 is 0 Å². The Balaban J connectivity index is 1.85. The van der Waals surface area contributed by atoms with E-state index in [2.05, 4.69) is 20.8 Å². The summed E-state index contributed by atoms with van der Waals surface area (Å²) < 4.78 is 28.0. The molecule has 3 N–H and O–H groups in total. The third-order valence-electron chi connectivity index (χ3n) is 3.48. The van der Waals surface area contributed by atoms with Crippen LogP contribution >= 0.6 is 0 Å². The number of H-pyrrole nitrogens is 1. The minimum atomic E-state index is -2.86. The number of nitrogens with one attached hydrogen (secondary N) is 3. The van der Waals surface area contributed by atoms with Gasteiger partial charge in [-0.25, -0.2) is 13.2 Å². The molecule has 130 valence electrons. The Morgan fingerprint density at radius 3 is 2.65 bits per heavy atom. The number of carbonyl (C=O) groups excluding carboxylic acids is 1. The summed E-state index contributed by atoms with van der Waals surface area (Å²) >= 11 is 0. The lowest BCUT2D eigenvalue weighted by Gasteiger charge is -2.23. The van der Waals surface area contributed by atoms with E-state index in [9.17, 15) is 13.2 Å². The van der Waals surface area contributed by atoms with Crippen LogP contribution in [0.4, 0.5) is 10.6 Å². The minimum Gasteiger partial charge on any atom is -0.444 e. The van der Waals surface area contributed by atoms with Crippen molar-refractivity contribution in [3.05, 3.63) is 11.8 Å². The van der Waals surface area contributed by atoms with Gasteiger partial charge in [0.25, 0.3) is 0 Å². The number of sulfone groups is 1. The third-order valence-corrected chi connectivity index (χ3v) is 5.20. The maximum absolute atomic E-state index is 11.8. The van der Waals surface area contributed by atoms with E-state index < -0.39 is 21.5 Å². The van der Waals surface area contributed by atoms with E-state index in [0.717, 1.165) is 5.56 Å². The number of aromatic nitrogens is 2. The smallest absolute Gasteiger partial charge is 0.413 e. The number of hydrogen-bond acceptors (Lipinski definition) is 6. The summed E-state index contributed by atoms with van der Waals surface area (Å²) in [5.74, 6) is 0.924. The van der Waals surface area contributed by atoms with Crippen molar-refractivity contribution in [1.29, 1.82) is 0 Å². The van der Waals surface area contributed by atoms with Crippen molar-refractivity contribution in [1.82, 2.24) is 15.5 Å². The monoisotopic (exact) mass is 344 g/mol. The highest BCUT2D eigenvalue weighted by Gasteiger charge is 2.23. The van der Waals surface area contributed by atoms with Crippen LogP contribution in [0, 0.1) is 0 Å². The molecule has 1 fully saturated rings. The van der Waals surface area contributed by atoms with Gasteiger partial charge < -0.3 is 10.1 Å². The Bertz CT molecular complexity index is 634. The molecular formula is C14H24N4O4S. The van der Waals surface area contributed by atoms with Crippen LogP contribution in [0.25, 0.3) is 0 Å². The fraction of sp³-hybridized carbons (Fsp3) is 0.714. The highest BCUT2D eigenvalue weighted by molar-refractivity contribution is 7.91. The zero-order valence-electron chi connectivity index (χ0n) is 13.7. The van der Waals surface area contributed by atoms with Gasteiger partial charge >= 0.3 is 6.09 Å². The first kappa shape index (κ1) is 17.7. The van der Waals surface area contributed by atoms with Gasteiger partial charge in [0.15, 0.2) is 0 Å². The summed E-state index contributed by atoms with van der Waals surface area (Å²) in [7, 11) is -2.86. The molecule has 0 saturated carbocycles. The molecule has 23 heavy (non-hydrogen) atoms. The maximum atomic E-state index is 11.8. The van der Waals surface area contributed by atoms with Crippen LogP contribution in [0.1, 0.15) is 39.2 Å². The molecule has 0 aliphatic carbocycles. The lowest BCUT2D eigenvalue weighted by Crippen LogP contribution is -2.37. The number of nitrogens with zero attached hydrogens (tertiary/aromatic N) is 1. The van der Waals surface area contributed by atoms with Crippen molar-refractivity contribution >= 4 is 21.7 Å². The molecule has 1 aromatic heterocycles. The summed E-state index contributed by atoms with van der Waals surface area (Å²) in [5.41, 5.74) is 0.222. The van der Waals surface area contributed by atoms with Gasteiger partial charge in [-0.2, -0.15) is 5.10 Å². The zero-order valence-corrected chi connectivity index (χ0v) is 14.5. The zero-order chi connectivity index (χ0) is 17.1. The summed E-state index contributed by atoms with van der Waals surface area (Å²) in [6.07, 6.45) is 2.29. The number of hydrogen-bond donors (Lipinski definition) is 3. The molecule has 8 nitrogen and oxygen atoms in total. The SMILES string of the molecule is CC(C)(C)OC(=O)Nc1[nH]ncc1CNC1CCS(=O)(=O)CC1. The highest BCUT2D eigenvalue weighted by atomic mass is 32.2. The molecule has 1 amide bonds. The average molecular weight is 344 g/mol. The van der Waals surface area contributed by atoms with E-state index in [-0.39, 0.29) is 17.5 Å². The Kier molecular flexibility index (Phi) is 5.30. The van der Waals surface area contributed by atoms with Crippen LogP contribution in [0.2, 0.25) is 0 Å². The third kappa shape index (κ3) is 5.83. The van der Waals surface area contributed by atoms with Crippen LogP contribution < -0.4 is 10.6 Å². The van der Waals surface area contributed by atoms with E-state index in [1.54, 1.807) is 27.0 Å². The van der Waals surface area contributed by atoms with Crippen LogP contribution in [0.15, 0.2) is 6.20 Å². The van der Waals surface area contributed by atoms with E-state index in [4.69, 9.17) is 4.74 Å². The highest BCUT2D eigenvalue weighted by Crippen LogP contribution is 2.16. The predicted molar refractivity (Wildman–Crippen MR) is 87.0 cm³/mol. The fourth-order valence-electron chi connectivity index (χ4n) is 2.31. The first-order valence-electron chi connectivity index (χ1n) is 7.61. The molecule has 0 aromatic carbocycles. The Labute approximate surface area is 136 Å². The number of rotatable bonds is 4. The largest absolute Gasteiger partial charge is 0.444 e. The van der Waals surface area contributed by atoms with Crippen molar-refractivity contribution in [3.63, 3.8) is 0 Å². The van der Waals surface area contributed by atoms with E-state index in [1.165, 1.54) is 0 Å². The van der Waals surface area contributed by atoms with Crippen molar-refractivity contribution in [2.45, 2.75) is 51.8 Å². The molecule has 2 rings (SSSR count). The normalized spacial score (nSPS) is 18.6. The lowest BCUT2D eigenvalue weighted by atomic mass is 10.1. The van der Waals surface area contributed by atoms with Gasteiger partial charge in [-0.15, -0.1) is 0 Å². The summed E-state index contributed by atoms with van der Waals surface area (Å²) in [4.78, 5) is 11.8. The van der Waals surface area contributed by atoms with Crippen LogP contribution in [-0.4, -0.2) is 47.9 Å². The number of aromatic amines is 1. The molecule has 0 radical (unpaired) electrons. The van der Waals surface area contributed by atoms with Crippen molar-refractivity contribution in [3.8, 4) is 0 Å². The number of anilines is 1. The van der Waals surface area contributed by atoms with Crippen LogP contribution in [0.5, 0.6) is 0 Å². The van der Waals surface area contributed by atoms with Gasteiger partial charge in [0, 0.05) is 18.2 Å². The molecule has 0 unspecified atom stereocenters. The Morgan fingerprint density at radius 2 is 2.04 bits per heavy atom. The number of amides is 1. The minimum absolute atomic E-state index is 0.155. The van der Waals surface area contributed by atoms with Gasteiger partial charge in [-0.3, -0.25) is 10.4 Å². The summed E-state index contributed by atoms with van der Waals surface area (Å²) in [6.45, 7) is 5.86. The number of ether oxygens (including phenoxy) is 1. The molecule has 1 aliphatic heterocycles. The van der Waals surface area contributed by atoms with Gasteiger partial charge in [0.2, 0.25) is 0 Å². The van der Waals surface area contributed by atoms with Gasteiger partial charge in [-0.05, 0) is 33.6 Å². The molecule has 0 spiro atoms. The molecule has 0 bridgehead atoms. The Morgan fingerprint density at radius 1 is 1.39 bits per heavy atom. The lowest BCUT2D eigenvalue weighted by molar-refractivity contribution is 0.0635. The molecule has 9 heteroatoms. The molecule has 1 saturated heterocycles. The second-order valence-corrected chi connectivity index (χ2v) is 9.01. The van der Waals surface area contributed by atoms with E-state index in [0.29, 0.717) is 25.2 Å². The first-order chi connectivity index (χ1) is 10.6. The summed E-state index contributed by atoms with van der Waals surface area (Å²) in [6, 6.07) is 0.155. The van der Waals surface area contributed by atoms with Crippen molar-refractivity contribution < 1.29 is 17.9 Å². The maximum Gasteiger partial charge on any atom is 0.413 e. The van der Waals surface area contributed by atoms with Crippen LogP contribution in [-0.2, 0) is 21.1 Å². The number of carbonyl (C=O) groups is 1.